The first-order valence-corrected chi connectivity index (χ1v) is 43.3. The first-order valence-electron chi connectivity index (χ1n) is 39.3. The molecule has 4 unspecified atom stereocenters. The lowest BCUT2D eigenvalue weighted by Gasteiger charge is -2.22. The van der Waals surface area contributed by atoms with E-state index >= 15 is 0 Å². The molecule has 0 aliphatic heterocycles. The van der Waals surface area contributed by atoms with Gasteiger partial charge in [0.2, 0.25) is 0 Å². The molecule has 0 bridgehead atoms. The second-order valence-corrected chi connectivity index (χ2v) is 34.8. The van der Waals surface area contributed by atoms with Crippen molar-refractivity contribution < 1.29 is 0 Å². The minimum atomic E-state index is 0.601. The van der Waals surface area contributed by atoms with Crippen LogP contribution in [0.25, 0.3) is 159 Å². The third-order valence-electron chi connectivity index (χ3n) is 23.5. The summed E-state index contributed by atoms with van der Waals surface area (Å²) in [5, 5.41) is 19.0. The van der Waals surface area contributed by atoms with Gasteiger partial charge in [-0.1, -0.05) is 304 Å². The van der Waals surface area contributed by atoms with E-state index in [1.54, 1.807) is 0 Å². The molecule has 16 aromatic rings. The van der Waals surface area contributed by atoms with E-state index in [2.05, 4.69) is 271 Å². The first-order chi connectivity index (χ1) is 50.7. The van der Waals surface area contributed by atoms with Crippen molar-refractivity contribution in [3.63, 3.8) is 0 Å². The Morgan fingerprint density at radius 2 is 0.650 bits per heavy atom. The molecular weight excluding hydrogens is 1340 g/mol. The zero-order valence-electron chi connectivity index (χ0n) is 61.7. The van der Waals surface area contributed by atoms with Crippen LogP contribution in [0.3, 0.4) is 0 Å². The standard InChI is InChI=1S/C96H98N2S5/c1-9-17-31-59(13-5)49-67-57-83(101-93(67)64-37-25-22-26-38-64)95-69(51-61(15-7)33-19-11-3)55-81(99-95)87-74-41-29-27-39-72(74)79-53-66-44-46-77-88(75-42-30-28-40-73(75)80-54-65-43-45-76(87)89(79)85(65)86(66)90(77)80)82-56-70(52-62(16-8)34-20-12-4)96(100-82)84-58-68(50-60(14-6)32-18-10-2)94(102-84)78-48-47-71(63-35-23-21-24-36-63)91-92(78)98-103-97-91/h21-30,35-48,53-62H,9-20,31-34,49-52H2,1-8H3. The summed E-state index contributed by atoms with van der Waals surface area (Å²) in [5.41, 5.74) is 15.7. The molecule has 5 heterocycles. The number of unbranched alkanes of at least 4 members (excludes halogenated alkanes) is 4. The van der Waals surface area contributed by atoms with Gasteiger partial charge < -0.3 is 0 Å². The van der Waals surface area contributed by atoms with E-state index in [1.165, 1.54) is 279 Å². The largest absolute Gasteiger partial charge is 0.172 e. The molecule has 0 fully saturated rings. The van der Waals surface area contributed by atoms with Crippen LogP contribution in [-0.4, -0.2) is 8.75 Å². The highest BCUT2D eigenvalue weighted by Crippen LogP contribution is 2.57. The zero-order valence-corrected chi connectivity index (χ0v) is 65.8. The molecule has 0 amide bonds. The Bertz CT molecular complexity index is 5620. The Morgan fingerprint density at radius 1 is 0.291 bits per heavy atom. The summed E-state index contributed by atoms with van der Waals surface area (Å²) in [6.45, 7) is 19.1. The van der Waals surface area contributed by atoms with E-state index in [-0.39, 0.29) is 0 Å². The highest BCUT2D eigenvalue weighted by molar-refractivity contribution is 7.26. The van der Waals surface area contributed by atoms with Crippen LogP contribution >= 0.6 is 57.1 Å². The predicted molar refractivity (Wildman–Crippen MR) is 460 cm³/mol. The maximum Gasteiger partial charge on any atom is 0.114 e. The van der Waals surface area contributed by atoms with Crippen LogP contribution in [0.5, 0.6) is 0 Å². The van der Waals surface area contributed by atoms with Crippen LogP contribution in [0.4, 0.5) is 0 Å². The van der Waals surface area contributed by atoms with Gasteiger partial charge in [-0.3, -0.25) is 0 Å². The Balaban J connectivity index is 0.901. The summed E-state index contributed by atoms with van der Waals surface area (Å²) in [4.78, 5) is 11.4. The highest BCUT2D eigenvalue weighted by Gasteiger charge is 2.30. The van der Waals surface area contributed by atoms with Gasteiger partial charge >= 0.3 is 0 Å². The van der Waals surface area contributed by atoms with Gasteiger partial charge in [-0.25, -0.2) is 0 Å². The fourth-order valence-corrected chi connectivity index (χ4v) is 23.5. The summed E-state index contributed by atoms with van der Waals surface area (Å²) in [6, 6.07) is 71.5. The molecule has 7 heteroatoms. The molecule has 5 aromatic heterocycles. The van der Waals surface area contributed by atoms with Crippen LogP contribution in [0, 0.1) is 23.7 Å². The number of fused-ring (bicyclic) bond motifs is 5. The van der Waals surface area contributed by atoms with Crippen molar-refractivity contribution in [2.45, 2.75) is 184 Å². The number of thiophene rings is 4. The number of aromatic nitrogens is 2. The number of hydrogen-bond acceptors (Lipinski definition) is 7. The topological polar surface area (TPSA) is 25.8 Å². The number of benzene rings is 11. The lowest BCUT2D eigenvalue weighted by Crippen LogP contribution is -2.04. The Morgan fingerprint density at radius 3 is 1.09 bits per heavy atom. The van der Waals surface area contributed by atoms with Crippen molar-refractivity contribution in [1.82, 2.24) is 8.75 Å². The molecule has 11 aromatic carbocycles. The van der Waals surface area contributed by atoms with Crippen molar-refractivity contribution in [2.24, 2.45) is 23.7 Å². The first kappa shape index (κ1) is 69.7. The zero-order chi connectivity index (χ0) is 70.2. The third-order valence-corrected chi connectivity index (χ3v) is 29.3. The molecule has 0 radical (unpaired) electrons. The molecule has 0 saturated carbocycles. The van der Waals surface area contributed by atoms with Crippen LogP contribution in [0.2, 0.25) is 0 Å². The summed E-state index contributed by atoms with van der Waals surface area (Å²) < 4.78 is 10.2. The molecule has 0 spiro atoms. The lowest BCUT2D eigenvalue weighted by molar-refractivity contribution is 0.449. The quantitative estimate of drug-likeness (QED) is 0.0320. The van der Waals surface area contributed by atoms with Crippen molar-refractivity contribution in [1.29, 1.82) is 0 Å². The molecule has 103 heavy (non-hydrogen) atoms. The van der Waals surface area contributed by atoms with Crippen molar-refractivity contribution in [3.8, 4) is 72.4 Å². The Labute approximate surface area is 631 Å². The minimum absolute atomic E-state index is 0.601. The SMILES string of the molecule is CCCCC(CC)Cc1cc(-c2sc(-c3c4ccccc4c4cc5ccc6c(-c7cc(CC(CC)CCCC)c(-c8cc(CC(CC)CCCC)c(-c9ccc(-c%10ccccc%10)c%10nsnc9%10)s8)s7)c7ccccc7c7cc8ccc3c4c8c5c67)cc2CC(CC)CCCC)sc1-c1ccccc1. The molecule has 4 atom stereocenters. The van der Waals surface area contributed by atoms with Crippen molar-refractivity contribution in [2.75, 3.05) is 0 Å². The molecule has 16 rings (SSSR count). The molecule has 522 valence electrons. The van der Waals surface area contributed by atoms with E-state index in [0.717, 1.165) is 42.3 Å². The van der Waals surface area contributed by atoms with Gasteiger partial charge in [0.15, 0.2) is 0 Å². The normalized spacial score (nSPS) is 13.5. The number of rotatable bonds is 31. The fourth-order valence-electron chi connectivity index (χ4n) is 17.8. The van der Waals surface area contributed by atoms with E-state index in [0.29, 0.717) is 23.7 Å². The van der Waals surface area contributed by atoms with E-state index in [4.69, 9.17) is 8.75 Å². The second-order valence-electron chi connectivity index (χ2n) is 30.1. The lowest BCUT2D eigenvalue weighted by atomic mass is 9.81. The maximum absolute atomic E-state index is 5.14. The van der Waals surface area contributed by atoms with E-state index < -0.39 is 0 Å². The van der Waals surface area contributed by atoms with Crippen molar-refractivity contribution >= 4 is 144 Å². The maximum atomic E-state index is 5.14. The van der Waals surface area contributed by atoms with E-state index in [1.807, 2.05) is 11.3 Å². The predicted octanol–water partition coefficient (Wildman–Crippen LogP) is 31.6. The van der Waals surface area contributed by atoms with Gasteiger partial charge in [-0.2, -0.15) is 8.75 Å². The van der Waals surface area contributed by atoms with Gasteiger partial charge in [0.1, 0.15) is 11.0 Å². The summed E-state index contributed by atoms with van der Waals surface area (Å²) in [6.07, 6.45) is 24.2. The highest BCUT2D eigenvalue weighted by atomic mass is 32.1. The van der Waals surface area contributed by atoms with Crippen LogP contribution in [0.15, 0.2) is 182 Å². The fraction of sp³-hybridized carbons (Fsp3) is 0.333. The van der Waals surface area contributed by atoms with Gasteiger partial charge in [-0.15, -0.1) is 45.3 Å². The van der Waals surface area contributed by atoms with Crippen LogP contribution in [-0.2, 0) is 25.7 Å². The molecule has 2 nitrogen and oxygen atoms in total. The van der Waals surface area contributed by atoms with Gasteiger partial charge in [-0.05, 0) is 195 Å². The third kappa shape index (κ3) is 13.2. The summed E-state index contributed by atoms with van der Waals surface area (Å²) in [7, 11) is 0. The monoisotopic (exact) mass is 1440 g/mol. The van der Waals surface area contributed by atoms with Crippen molar-refractivity contribution in [3.05, 3.63) is 204 Å². The van der Waals surface area contributed by atoms with Crippen LogP contribution in [0.1, 0.15) is 180 Å². The average Bonchev–Trinajstić information content (AvgIpc) is 1.18. The van der Waals surface area contributed by atoms with Gasteiger partial charge in [0.25, 0.3) is 0 Å². The van der Waals surface area contributed by atoms with Crippen LogP contribution < -0.4 is 0 Å². The molecule has 0 N–H and O–H groups in total. The summed E-state index contributed by atoms with van der Waals surface area (Å²) in [5.74, 6) is 2.52. The van der Waals surface area contributed by atoms with Gasteiger partial charge in [0, 0.05) is 61.3 Å². The number of nitrogens with zero attached hydrogens (tertiary/aromatic N) is 2. The summed E-state index contributed by atoms with van der Waals surface area (Å²) >= 11 is 9.55. The average molecular weight is 1440 g/mol. The smallest absolute Gasteiger partial charge is 0.114 e. The Hall–Kier alpha value is -7.62. The Kier molecular flexibility index (Phi) is 20.9. The second kappa shape index (κ2) is 30.8. The van der Waals surface area contributed by atoms with E-state index in [9.17, 15) is 0 Å². The molecule has 0 aliphatic rings. The minimum Gasteiger partial charge on any atom is -0.172 e. The number of hydrogen-bond donors (Lipinski definition) is 0. The molecular formula is C96H98N2S5. The molecule has 0 aliphatic carbocycles. The molecule has 0 saturated heterocycles. The van der Waals surface area contributed by atoms with Gasteiger partial charge in [0.05, 0.1) is 11.7 Å².